The zero-order valence-corrected chi connectivity index (χ0v) is 36.1. The van der Waals surface area contributed by atoms with Crippen LogP contribution in [-0.2, 0) is 10.8 Å². The molecule has 34 rings (SSSR count). The van der Waals surface area contributed by atoms with E-state index in [-0.39, 0.29) is 16.9 Å². The van der Waals surface area contributed by atoms with E-state index in [0.29, 0.717) is 0 Å². The first-order chi connectivity index (χ1) is 34.8. The van der Waals surface area contributed by atoms with E-state index >= 15 is 0 Å². The second kappa shape index (κ2) is 5.81. The molecule has 1 fully saturated rings. The van der Waals surface area contributed by atoms with E-state index in [1.165, 1.54) is 5.56 Å². The summed E-state index contributed by atoms with van der Waals surface area (Å²) in [6, 6.07) is 12.3. The fourth-order valence-electron chi connectivity index (χ4n) is 26.2. The van der Waals surface area contributed by atoms with Crippen molar-refractivity contribution in [1.29, 1.82) is 0 Å². The van der Waals surface area contributed by atoms with E-state index in [1.54, 1.807) is 313 Å². The zero-order chi connectivity index (χ0) is 41.5. The normalized spacial score (nSPS) is 23.9. The van der Waals surface area contributed by atoms with Gasteiger partial charge in [-0.25, -0.2) is 0 Å². The molecule has 29 aromatic rings. The second-order valence-corrected chi connectivity index (χ2v) is 26.2. The number of hydrogen-bond acceptors (Lipinski definition) is 1. The molecule has 1 saturated heterocycles. The highest BCUT2D eigenvalue weighted by molar-refractivity contribution is 6.82. The topological polar surface area (TPSA) is 3.24 Å². The Bertz CT molecular complexity index is 7170. The van der Waals surface area contributed by atoms with Crippen LogP contribution in [0.2, 0.25) is 0 Å². The molecule has 0 aromatic heterocycles. The van der Waals surface area contributed by atoms with Gasteiger partial charge in [-0.3, -0.25) is 4.90 Å². The van der Waals surface area contributed by atoms with E-state index in [1.807, 2.05) is 0 Å². The highest BCUT2D eigenvalue weighted by Crippen LogP contribution is 2.87. The monoisotopic (exact) mass is 853 g/mol. The zero-order valence-electron chi connectivity index (χ0n) is 36.1. The van der Waals surface area contributed by atoms with Crippen LogP contribution in [0.4, 0.5) is 0 Å². The van der Waals surface area contributed by atoms with Gasteiger partial charge in [0.1, 0.15) is 0 Å². The summed E-state index contributed by atoms with van der Waals surface area (Å²) in [6.07, 6.45) is 0. The molecule has 1 unspecified atom stereocenters. The number of likely N-dealkylation sites (tertiary alicyclic amines) is 1. The van der Waals surface area contributed by atoms with Gasteiger partial charge >= 0.3 is 0 Å². The molecule has 0 saturated carbocycles. The van der Waals surface area contributed by atoms with Gasteiger partial charge in [-0.2, -0.15) is 0 Å². The standard InChI is InChI=1S/C69H11N/c1-70-7-68-63-55-47-37-27-19-11-9-10-13-17-15(11)23-31-25(17)35-29-21(13)22-14(10)18-16-12(9)20(19)28-34-24(16)32-26(18)36-30(22)40-39(29)51-45(35)53-43(31)49(41(47)33(23)27)57(63)59(53)65-61(51)62-52(40)46(36)54-44(32)50-42(34)48(38(28)37)56(55)64(68)58(50)60(54)66(62)69(65,68)67(70)8-5-3-2-4-6-8/h2-6,67H,7H2,1H3. The number of rotatable bonds is 1. The summed E-state index contributed by atoms with van der Waals surface area (Å²) < 4.78 is 0. The molecule has 2 spiro atoms. The Morgan fingerprint density at radius 3 is 0.657 bits per heavy atom. The molecular weight excluding hydrogens is 843 g/mol. The number of nitrogens with zero attached hydrogens (tertiary/aromatic N) is 1. The van der Waals surface area contributed by atoms with Gasteiger partial charge in [0.15, 0.2) is 0 Å². The van der Waals surface area contributed by atoms with Gasteiger partial charge in [0.05, 0.1) is 10.8 Å². The highest BCUT2D eigenvalue weighted by Gasteiger charge is 2.75. The Labute approximate surface area is 382 Å². The van der Waals surface area contributed by atoms with Crippen molar-refractivity contribution in [2.75, 3.05) is 13.6 Å². The Morgan fingerprint density at radius 1 is 0.257 bits per heavy atom. The van der Waals surface area contributed by atoms with Crippen molar-refractivity contribution in [3.05, 3.63) is 58.1 Å². The van der Waals surface area contributed by atoms with E-state index in [9.17, 15) is 0 Å². The van der Waals surface area contributed by atoms with Crippen molar-refractivity contribution >= 4 is 291 Å². The van der Waals surface area contributed by atoms with Crippen LogP contribution in [0.1, 0.15) is 33.9 Å². The Balaban J connectivity index is 1.19. The summed E-state index contributed by atoms with van der Waals surface area (Å²) in [5, 5.41) is 90.6. The van der Waals surface area contributed by atoms with Crippen LogP contribution in [0.3, 0.4) is 0 Å². The molecular formula is C69H11N. The summed E-state index contributed by atoms with van der Waals surface area (Å²) in [5.41, 5.74) is 8.13. The third-order valence-electron chi connectivity index (χ3n) is 26.0. The predicted molar refractivity (Wildman–Crippen MR) is 296 cm³/mol. The largest absolute Gasteiger partial charge is 0.297 e. The maximum atomic E-state index is 2.94. The first-order valence-corrected chi connectivity index (χ1v) is 26.4. The Hall–Kier alpha value is -8.36. The SMILES string of the molecule is CN1CC23c4c5c6c7c8c9c(c%10c%11c2c2c4c4c%12c5c5c6c6c8c8c%13c9c9c%10c%10c%11c%11c2c2c4c4c%12c%12c5c5c6c8c6c8c%13c9c9c%10c%10c%11c2c2c4c4c%12c5c6c5c8c9c%10c2c45)C73C1c1ccccc1. The average molecular weight is 854 g/mol. The maximum absolute atomic E-state index is 2.94. The average Bonchev–Trinajstić information content (AvgIpc) is 4.37. The molecule has 1 heterocycles. The van der Waals surface area contributed by atoms with Crippen LogP contribution in [-0.4, -0.2) is 18.5 Å². The number of likely N-dealkylation sites (N-methyl/N-ethyl adjacent to an activating group) is 1. The lowest BCUT2D eigenvalue weighted by Crippen LogP contribution is -2.51. The van der Waals surface area contributed by atoms with Gasteiger partial charge in [0, 0.05) is 12.6 Å². The Morgan fingerprint density at radius 2 is 0.443 bits per heavy atom. The number of benzene rings is 19. The van der Waals surface area contributed by atoms with E-state index in [2.05, 4.69) is 42.3 Å². The van der Waals surface area contributed by atoms with Crippen molar-refractivity contribution in [1.82, 2.24) is 4.90 Å². The summed E-state index contributed by atoms with van der Waals surface area (Å²) in [6.45, 7) is 1.06. The molecule has 292 valence electrons. The third kappa shape index (κ3) is 1.34. The van der Waals surface area contributed by atoms with Crippen molar-refractivity contribution < 1.29 is 0 Å². The molecule has 5 aliphatic rings. The molecule has 0 radical (unpaired) electrons. The molecule has 1 atom stereocenters. The van der Waals surface area contributed by atoms with Crippen LogP contribution in [0.15, 0.2) is 30.3 Å². The lowest BCUT2D eigenvalue weighted by Gasteiger charge is -2.52. The van der Waals surface area contributed by atoms with Crippen LogP contribution in [0.25, 0.3) is 291 Å². The quantitative estimate of drug-likeness (QED) is 0.149. The van der Waals surface area contributed by atoms with Gasteiger partial charge in [-0.15, -0.1) is 0 Å². The minimum absolute atomic E-state index is 0.199. The van der Waals surface area contributed by atoms with E-state index < -0.39 is 0 Å². The van der Waals surface area contributed by atoms with E-state index in [4.69, 9.17) is 0 Å². The lowest BCUT2D eigenvalue weighted by atomic mass is 9.47. The predicted octanol–water partition coefficient (Wildman–Crippen LogP) is 18.0. The minimum atomic E-state index is -0.283. The first-order valence-electron chi connectivity index (χ1n) is 26.4. The van der Waals surface area contributed by atoms with Crippen molar-refractivity contribution in [2.24, 2.45) is 0 Å². The van der Waals surface area contributed by atoms with Gasteiger partial charge in [0.25, 0.3) is 0 Å². The highest BCUT2D eigenvalue weighted by atomic mass is 15.2. The van der Waals surface area contributed by atoms with Gasteiger partial charge in [0.2, 0.25) is 0 Å². The summed E-state index contributed by atoms with van der Waals surface area (Å²) in [5.74, 6) is 0. The molecule has 1 aliphatic heterocycles. The first kappa shape index (κ1) is 25.8. The second-order valence-electron chi connectivity index (χ2n) is 26.2. The lowest BCUT2D eigenvalue weighted by molar-refractivity contribution is 0.271. The smallest absolute Gasteiger partial charge is 0.0575 e. The van der Waals surface area contributed by atoms with Crippen LogP contribution < -0.4 is 0 Å². The van der Waals surface area contributed by atoms with Gasteiger partial charge in [-0.1, -0.05) is 30.3 Å². The van der Waals surface area contributed by atoms with Crippen molar-refractivity contribution in [3.8, 4) is 0 Å². The van der Waals surface area contributed by atoms with Crippen LogP contribution in [0.5, 0.6) is 0 Å². The molecule has 29 aromatic carbocycles. The third-order valence-corrected chi connectivity index (χ3v) is 26.0. The fraction of sp³-hybridized carbons (Fsp3) is 0.0725. The van der Waals surface area contributed by atoms with Crippen molar-refractivity contribution in [2.45, 2.75) is 16.9 Å². The molecule has 1 nitrogen and oxygen atoms in total. The summed E-state index contributed by atoms with van der Waals surface area (Å²) in [7, 11) is 2.57. The molecule has 1 heteroatoms. The van der Waals surface area contributed by atoms with E-state index in [0.717, 1.165) is 6.54 Å². The summed E-state index contributed by atoms with van der Waals surface area (Å²) in [4.78, 5) is 2.94. The number of hydrogen-bond donors (Lipinski definition) is 0. The summed E-state index contributed by atoms with van der Waals surface area (Å²) >= 11 is 0. The van der Waals surface area contributed by atoms with Crippen LogP contribution >= 0.6 is 0 Å². The minimum Gasteiger partial charge on any atom is -0.297 e. The maximum Gasteiger partial charge on any atom is 0.0575 e. The molecule has 70 heavy (non-hydrogen) atoms. The fourth-order valence-corrected chi connectivity index (χ4v) is 26.2. The van der Waals surface area contributed by atoms with Gasteiger partial charge < -0.3 is 0 Å². The van der Waals surface area contributed by atoms with Crippen LogP contribution in [0, 0.1) is 0 Å². The molecule has 0 N–H and O–H groups in total. The molecule has 0 bridgehead atoms. The van der Waals surface area contributed by atoms with Gasteiger partial charge in [-0.05, 0) is 326 Å². The molecule has 4 aliphatic carbocycles. The molecule has 0 amide bonds. The van der Waals surface area contributed by atoms with Crippen molar-refractivity contribution in [3.63, 3.8) is 0 Å². The Kier molecular flexibility index (Phi) is 2.15.